The molecule has 3 rings (SSSR count). The van der Waals surface area contributed by atoms with Gasteiger partial charge in [-0.2, -0.15) is 13.2 Å². The highest BCUT2D eigenvalue weighted by atomic mass is 35.5. The SMILES string of the molecule is NC(=O)c1cc(NC(=O)c2c(Oc3ccc(OC(F)(F)F)cc3Cl)ccc(C(F)(F)F)c2F)ccn1. The summed E-state index contributed by atoms with van der Waals surface area (Å²) in [6.07, 6.45) is -9.17. The molecule has 0 bridgehead atoms. The summed E-state index contributed by atoms with van der Waals surface area (Å²) < 4.78 is 101. The van der Waals surface area contributed by atoms with Crippen LogP contribution in [0.25, 0.3) is 0 Å². The van der Waals surface area contributed by atoms with E-state index in [-0.39, 0.29) is 11.4 Å². The number of benzene rings is 2. The van der Waals surface area contributed by atoms with Crippen molar-refractivity contribution in [1.29, 1.82) is 0 Å². The van der Waals surface area contributed by atoms with E-state index in [0.717, 1.165) is 30.5 Å². The molecule has 0 aliphatic rings. The van der Waals surface area contributed by atoms with Crippen molar-refractivity contribution in [2.45, 2.75) is 12.5 Å². The zero-order valence-corrected chi connectivity index (χ0v) is 18.1. The van der Waals surface area contributed by atoms with Crippen LogP contribution in [0.4, 0.5) is 36.4 Å². The fourth-order valence-corrected chi connectivity index (χ4v) is 3.00. The van der Waals surface area contributed by atoms with Crippen molar-refractivity contribution < 1.29 is 49.8 Å². The van der Waals surface area contributed by atoms with Crippen LogP contribution in [-0.4, -0.2) is 23.2 Å². The number of nitrogens with two attached hydrogens (primary N) is 1. The van der Waals surface area contributed by atoms with Crippen molar-refractivity contribution >= 4 is 29.1 Å². The quantitative estimate of drug-likeness (QED) is 0.379. The van der Waals surface area contributed by atoms with Crippen LogP contribution in [0.3, 0.4) is 0 Å². The smallest absolute Gasteiger partial charge is 0.455 e. The van der Waals surface area contributed by atoms with Gasteiger partial charge in [0.05, 0.1) is 10.6 Å². The van der Waals surface area contributed by atoms with Gasteiger partial charge in [0.15, 0.2) is 5.82 Å². The molecule has 3 aromatic rings. The number of hydrogen-bond acceptors (Lipinski definition) is 5. The first-order chi connectivity index (χ1) is 16.7. The highest BCUT2D eigenvalue weighted by Crippen LogP contribution is 2.40. The van der Waals surface area contributed by atoms with Crippen LogP contribution in [0.5, 0.6) is 17.2 Å². The largest absolute Gasteiger partial charge is 0.573 e. The van der Waals surface area contributed by atoms with Crippen LogP contribution < -0.4 is 20.5 Å². The number of aromatic nitrogens is 1. The number of rotatable bonds is 6. The summed E-state index contributed by atoms with van der Waals surface area (Å²) in [5.74, 6) is -6.33. The van der Waals surface area contributed by atoms with E-state index in [1.807, 2.05) is 0 Å². The van der Waals surface area contributed by atoms with Crippen LogP contribution in [0, 0.1) is 5.82 Å². The monoisotopic (exact) mass is 537 g/mol. The molecule has 0 spiro atoms. The molecule has 0 aliphatic carbocycles. The number of anilines is 1. The van der Waals surface area contributed by atoms with Gasteiger partial charge in [0.25, 0.3) is 11.8 Å². The van der Waals surface area contributed by atoms with Gasteiger partial charge in [0, 0.05) is 18.0 Å². The standard InChI is InChI=1S/C21H11ClF7N3O4/c22-12-8-10(36-21(27,28)29)1-3-14(12)35-15-4-2-11(20(24,25)26)17(23)16(15)19(34)32-9-5-6-31-13(7-9)18(30)33/h1-8H,(H2,30,33)(H,31,32,34). The number of nitrogens with zero attached hydrogens (tertiary/aromatic N) is 1. The minimum absolute atomic E-state index is 0.168. The predicted octanol–water partition coefficient (Wildman–Crippen LogP) is 5.94. The molecule has 3 N–H and O–H groups in total. The first kappa shape index (κ1) is 26.5. The second-order valence-electron chi connectivity index (χ2n) is 6.79. The zero-order chi connectivity index (χ0) is 26.8. The number of carbonyl (C=O) groups is 2. The van der Waals surface area contributed by atoms with E-state index in [9.17, 15) is 40.3 Å². The minimum Gasteiger partial charge on any atom is -0.455 e. The Labute approximate surface area is 201 Å². The lowest BCUT2D eigenvalue weighted by Gasteiger charge is -2.17. The molecule has 2 aromatic carbocycles. The maximum atomic E-state index is 14.9. The fourth-order valence-electron chi connectivity index (χ4n) is 2.79. The Kier molecular flexibility index (Phi) is 7.29. The van der Waals surface area contributed by atoms with E-state index in [2.05, 4.69) is 15.0 Å². The van der Waals surface area contributed by atoms with Crippen molar-refractivity contribution in [3.8, 4) is 17.2 Å². The van der Waals surface area contributed by atoms with Crippen LogP contribution in [-0.2, 0) is 6.18 Å². The molecule has 2 amide bonds. The molecule has 7 nitrogen and oxygen atoms in total. The minimum atomic E-state index is -5.19. The molecule has 15 heteroatoms. The summed E-state index contributed by atoms with van der Waals surface area (Å²) in [5.41, 5.74) is 1.60. The summed E-state index contributed by atoms with van der Waals surface area (Å²) >= 11 is 5.86. The average Bonchev–Trinajstić information content (AvgIpc) is 2.73. The van der Waals surface area contributed by atoms with Gasteiger partial charge >= 0.3 is 12.5 Å². The second-order valence-corrected chi connectivity index (χ2v) is 7.20. The Hall–Kier alpha value is -4.07. The predicted molar refractivity (Wildman–Crippen MR) is 110 cm³/mol. The molecule has 1 aromatic heterocycles. The number of halogens is 8. The highest BCUT2D eigenvalue weighted by molar-refractivity contribution is 6.32. The molecule has 0 aliphatic heterocycles. The molecule has 0 atom stereocenters. The van der Waals surface area contributed by atoms with Crippen molar-refractivity contribution in [2.24, 2.45) is 5.73 Å². The van der Waals surface area contributed by atoms with Gasteiger partial charge in [-0.3, -0.25) is 14.6 Å². The van der Waals surface area contributed by atoms with Gasteiger partial charge in [0.1, 0.15) is 28.5 Å². The van der Waals surface area contributed by atoms with Gasteiger partial charge in [-0.25, -0.2) is 4.39 Å². The normalized spacial score (nSPS) is 11.7. The first-order valence-corrected chi connectivity index (χ1v) is 9.73. The summed E-state index contributed by atoms with van der Waals surface area (Å²) in [5, 5.41) is 1.60. The third-order valence-electron chi connectivity index (χ3n) is 4.26. The maximum Gasteiger partial charge on any atom is 0.573 e. The van der Waals surface area contributed by atoms with Crippen molar-refractivity contribution in [2.75, 3.05) is 5.32 Å². The molecule has 1 heterocycles. The first-order valence-electron chi connectivity index (χ1n) is 9.36. The van der Waals surface area contributed by atoms with Crippen molar-refractivity contribution in [3.63, 3.8) is 0 Å². The number of carbonyl (C=O) groups excluding carboxylic acids is 2. The Balaban J connectivity index is 2.02. The summed E-state index contributed by atoms with van der Waals surface area (Å²) in [6, 6.07) is 5.38. The maximum absolute atomic E-state index is 14.9. The van der Waals surface area contributed by atoms with Gasteiger partial charge in [-0.15, -0.1) is 13.2 Å². The molecule has 0 saturated carbocycles. The lowest BCUT2D eigenvalue weighted by atomic mass is 10.1. The van der Waals surface area contributed by atoms with E-state index < -0.39 is 63.6 Å². The van der Waals surface area contributed by atoms with E-state index in [0.29, 0.717) is 18.2 Å². The lowest BCUT2D eigenvalue weighted by molar-refractivity contribution is -0.274. The number of nitrogens with one attached hydrogen (secondary N) is 1. The Morgan fingerprint density at radius 2 is 1.64 bits per heavy atom. The topological polar surface area (TPSA) is 104 Å². The molecular weight excluding hydrogens is 527 g/mol. The fraction of sp³-hybridized carbons (Fsp3) is 0.0952. The van der Waals surface area contributed by atoms with Crippen LogP contribution in [0.2, 0.25) is 5.02 Å². The van der Waals surface area contributed by atoms with Crippen LogP contribution in [0.15, 0.2) is 48.7 Å². The summed E-state index contributed by atoms with van der Waals surface area (Å²) in [6.45, 7) is 0. The average molecular weight is 538 g/mol. The number of primary amides is 1. The van der Waals surface area contributed by atoms with Gasteiger partial charge in [-0.1, -0.05) is 11.6 Å². The highest BCUT2D eigenvalue weighted by Gasteiger charge is 2.37. The molecule has 0 fully saturated rings. The molecule has 0 saturated heterocycles. The second kappa shape index (κ2) is 9.89. The molecule has 0 radical (unpaired) electrons. The molecule has 36 heavy (non-hydrogen) atoms. The van der Waals surface area contributed by atoms with Gasteiger partial charge in [-0.05, 0) is 36.4 Å². The third-order valence-corrected chi connectivity index (χ3v) is 4.56. The van der Waals surface area contributed by atoms with Gasteiger partial charge < -0.3 is 20.5 Å². The van der Waals surface area contributed by atoms with Crippen LogP contribution in [0.1, 0.15) is 26.4 Å². The van der Waals surface area contributed by atoms with E-state index in [1.165, 1.54) is 0 Å². The Bertz CT molecular complexity index is 1330. The Morgan fingerprint density at radius 3 is 2.22 bits per heavy atom. The summed E-state index contributed by atoms with van der Waals surface area (Å²) in [7, 11) is 0. The Morgan fingerprint density at radius 1 is 0.972 bits per heavy atom. The molecular formula is C21H11ClF7N3O4. The summed E-state index contributed by atoms with van der Waals surface area (Å²) in [4.78, 5) is 27.7. The number of amides is 2. The third kappa shape index (κ3) is 6.33. The lowest BCUT2D eigenvalue weighted by Crippen LogP contribution is -2.19. The number of ether oxygens (including phenoxy) is 2. The van der Waals surface area contributed by atoms with Crippen LogP contribution >= 0.6 is 11.6 Å². The van der Waals surface area contributed by atoms with E-state index in [4.69, 9.17) is 22.1 Å². The number of hydrogen-bond donors (Lipinski definition) is 2. The van der Waals surface area contributed by atoms with Gasteiger partial charge in [0.2, 0.25) is 0 Å². The van der Waals surface area contributed by atoms with E-state index >= 15 is 0 Å². The zero-order valence-electron chi connectivity index (χ0n) is 17.3. The number of pyridine rings is 1. The molecule has 0 unspecified atom stereocenters. The number of alkyl halides is 6. The molecule has 190 valence electrons. The van der Waals surface area contributed by atoms with Crippen molar-refractivity contribution in [3.05, 3.63) is 76.3 Å². The van der Waals surface area contributed by atoms with Crippen molar-refractivity contribution in [1.82, 2.24) is 4.98 Å². The van der Waals surface area contributed by atoms with E-state index in [1.54, 1.807) is 0 Å².